The molecule has 0 aliphatic heterocycles. The third-order valence-electron chi connectivity index (χ3n) is 3.27. The Morgan fingerprint density at radius 1 is 1.10 bits per heavy atom. The summed E-state index contributed by atoms with van der Waals surface area (Å²) in [6.45, 7) is 8.71. The van der Waals surface area contributed by atoms with Gasteiger partial charge in [-0.3, -0.25) is 0 Å². The normalized spacial score (nSPS) is 11.3. The van der Waals surface area contributed by atoms with Crippen LogP contribution < -0.4 is 10.1 Å². The van der Waals surface area contributed by atoms with Gasteiger partial charge < -0.3 is 19.7 Å². The summed E-state index contributed by atoms with van der Waals surface area (Å²) < 4.78 is 10.8. The van der Waals surface area contributed by atoms with Gasteiger partial charge in [0.1, 0.15) is 12.4 Å². The van der Waals surface area contributed by atoms with Gasteiger partial charge >= 0.3 is 0 Å². The van der Waals surface area contributed by atoms with Crippen LogP contribution in [0.25, 0.3) is 0 Å². The van der Waals surface area contributed by atoms with Gasteiger partial charge in [-0.1, -0.05) is 26.0 Å². The molecule has 0 heterocycles. The molecule has 0 spiro atoms. The molecule has 4 heteroatoms. The second-order valence-corrected chi connectivity index (χ2v) is 5.68. The average Bonchev–Trinajstić information content (AvgIpc) is 2.46. The fourth-order valence-corrected chi connectivity index (χ4v) is 1.94. The van der Waals surface area contributed by atoms with Gasteiger partial charge in [0, 0.05) is 39.4 Å². The number of nitrogens with zero attached hydrogens (tertiary/aromatic N) is 1. The summed E-state index contributed by atoms with van der Waals surface area (Å²) in [5.74, 6) is 0.939. The molecule has 1 aromatic rings. The van der Waals surface area contributed by atoms with Gasteiger partial charge in [-0.2, -0.15) is 0 Å². The number of hydrogen-bond donors (Lipinski definition) is 1. The molecule has 0 aromatic heterocycles. The minimum absolute atomic E-state index is 0.509. The molecule has 1 rings (SSSR count). The van der Waals surface area contributed by atoms with Crippen molar-refractivity contribution in [2.75, 3.05) is 40.5 Å². The fourth-order valence-electron chi connectivity index (χ4n) is 1.94. The van der Waals surface area contributed by atoms with Gasteiger partial charge in [0.25, 0.3) is 0 Å². The van der Waals surface area contributed by atoms with Crippen LogP contribution in [0.5, 0.6) is 5.75 Å². The highest BCUT2D eigenvalue weighted by Crippen LogP contribution is 2.12. The molecule has 0 unspecified atom stereocenters. The Morgan fingerprint density at radius 3 is 2.43 bits per heavy atom. The zero-order valence-electron chi connectivity index (χ0n) is 13.9. The molecule has 0 bridgehead atoms. The molecule has 0 amide bonds. The lowest BCUT2D eigenvalue weighted by Gasteiger charge is -2.16. The standard InChI is InChI=1S/C17H30N2O2/c1-15(2)18-14-16-6-8-17(9-7-16)21-13-11-19(3)10-5-12-20-4/h6-9,15,18H,5,10-14H2,1-4H3. The number of benzene rings is 1. The van der Waals surface area contributed by atoms with Crippen LogP contribution in [-0.4, -0.2) is 51.4 Å². The first-order chi connectivity index (χ1) is 10.1. The Labute approximate surface area is 129 Å². The van der Waals surface area contributed by atoms with E-state index in [0.29, 0.717) is 12.6 Å². The summed E-state index contributed by atoms with van der Waals surface area (Å²) >= 11 is 0. The molecule has 4 nitrogen and oxygen atoms in total. The van der Waals surface area contributed by atoms with E-state index >= 15 is 0 Å². The van der Waals surface area contributed by atoms with Crippen molar-refractivity contribution in [3.05, 3.63) is 29.8 Å². The zero-order chi connectivity index (χ0) is 15.5. The molecule has 0 aliphatic carbocycles. The maximum absolute atomic E-state index is 5.77. The van der Waals surface area contributed by atoms with E-state index in [0.717, 1.165) is 38.4 Å². The predicted octanol–water partition coefficient (Wildman–Crippen LogP) is 2.53. The second kappa shape index (κ2) is 10.6. The molecular formula is C17H30N2O2. The van der Waals surface area contributed by atoms with Crippen LogP contribution in [0, 0.1) is 0 Å². The van der Waals surface area contributed by atoms with Crippen LogP contribution in [-0.2, 0) is 11.3 Å². The highest BCUT2D eigenvalue weighted by molar-refractivity contribution is 5.27. The van der Waals surface area contributed by atoms with E-state index in [-0.39, 0.29) is 0 Å². The van der Waals surface area contributed by atoms with Crippen molar-refractivity contribution >= 4 is 0 Å². The third-order valence-corrected chi connectivity index (χ3v) is 3.27. The smallest absolute Gasteiger partial charge is 0.119 e. The number of ether oxygens (including phenoxy) is 2. The molecule has 0 atom stereocenters. The zero-order valence-corrected chi connectivity index (χ0v) is 13.9. The first-order valence-corrected chi connectivity index (χ1v) is 7.74. The number of hydrogen-bond acceptors (Lipinski definition) is 4. The predicted molar refractivity (Wildman–Crippen MR) is 87.9 cm³/mol. The van der Waals surface area contributed by atoms with Gasteiger partial charge in [0.2, 0.25) is 0 Å². The largest absolute Gasteiger partial charge is 0.492 e. The van der Waals surface area contributed by atoms with E-state index in [9.17, 15) is 0 Å². The Hall–Kier alpha value is -1.10. The second-order valence-electron chi connectivity index (χ2n) is 5.68. The summed E-state index contributed by atoms with van der Waals surface area (Å²) in [5.41, 5.74) is 1.28. The summed E-state index contributed by atoms with van der Waals surface area (Å²) in [6, 6.07) is 8.83. The lowest BCUT2D eigenvalue weighted by atomic mass is 10.2. The van der Waals surface area contributed by atoms with Crippen molar-refractivity contribution in [2.24, 2.45) is 0 Å². The van der Waals surface area contributed by atoms with Gasteiger partial charge in [-0.05, 0) is 31.2 Å². The van der Waals surface area contributed by atoms with E-state index in [1.54, 1.807) is 7.11 Å². The summed E-state index contributed by atoms with van der Waals surface area (Å²) in [5, 5.41) is 3.41. The van der Waals surface area contributed by atoms with E-state index in [1.807, 2.05) is 12.1 Å². The number of methoxy groups -OCH3 is 1. The maximum atomic E-state index is 5.77. The van der Waals surface area contributed by atoms with Crippen molar-refractivity contribution in [3.8, 4) is 5.75 Å². The highest BCUT2D eigenvalue weighted by atomic mass is 16.5. The monoisotopic (exact) mass is 294 g/mol. The lowest BCUT2D eigenvalue weighted by molar-refractivity contribution is 0.172. The minimum Gasteiger partial charge on any atom is -0.492 e. The van der Waals surface area contributed by atoms with Crippen molar-refractivity contribution in [1.82, 2.24) is 10.2 Å². The molecule has 1 aromatic carbocycles. The molecule has 120 valence electrons. The molecule has 0 radical (unpaired) electrons. The van der Waals surface area contributed by atoms with Crippen molar-refractivity contribution in [1.29, 1.82) is 0 Å². The minimum atomic E-state index is 0.509. The topological polar surface area (TPSA) is 33.7 Å². The lowest BCUT2D eigenvalue weighted by Crippen LogP contribution is -2.26. The summed E-state index contributed by atoms with van der Waals surface area (Å²) in [7, 11) is 3.85. The Bertz CT molecular complexity index is 366. The molecule has 0 fully saturated rings. The molecule has 21 heavy (non-hydrogen) atoms. The van der Waals surface area contributed by atoms with E-state index in [2.05, 4.69) is 43.2 Å². The summed E-state index contributed by atoms with van der Waals surface area (Å²) in [4.78, 5) is 2.26. The Balaban J connectivity index is 2.20. The van der Waals surface area contributed by atoms with Gasteiger partial charge in [0.05, 0.1) is 0 Å². The third kappa shape index (κ3) is 8.71. The van der Waals surface area contributed by atoms with Crippen LogP contribution in [0.1, 0.15) is 25.8 Å². The van der Waals surface area contributed by atoms with Gasteiger partial charge in [0.15, 0.2) is 0 Å². The van der Waals surface area contributed by atoms with E-state index in [1.165, 1.54) is 5.56 Å². The molecule has 0 saturated carbocycles. The van der Waals surface area contributed by atoms with Crippen LogP contribution >= 0.6 is 0 Å². The van der Waals surface area contributed by atoms with Crippen LogP contribution in [0.4, 0.5) is 0 Å². The maximum Gasteiger partial charge on any atom is 0.119 e. The van der Waals surface area contributed by atoms with Crippen molar-refractivity contribution in [3.63, 3.8) is 0 Å². The van der Waals surface area contributed by atoms with Gasteiger partial charge in [-0.15, -0.1) is 0 Å². The van der Waals surface area contributed by atoms with Crippen LogP contribution in [0.3, 0.4) is 0 Å². The number of rotatable bonds is 11. The van der Waals surface area contributed by atoms with Crippen molar-refractivity contribution < 1.29 is 9.47 Å². The quantitative estimate of drug-likeness (QED) is 0.636. The SMILES string of the molecule is COCCCN(C)CCOc1ccc(CNC(C)C)cc1. The van der Waals surface area contributed by atoms with Gasteiger partial charge in [-0.25, -0.2) is 0 Å². The average molecular weight is 294 g/mol. The fraction of sp³-hybridized carbons (Fsp3) is 0.647. The van der Waals surface area contributed by atoms with Crippen LogP contribution in [0.2, 0.25) is 0 Å². The van der Waals surface area contributed by atoms with E-state index < -0.39 is 0 Å². The first kappa shape index (κ1) is 18.0. The molecular weight excluding hydrogens is 264 g/mol. The molecule has 0 saturated heterocycles. The first-order valence-electron chi connectivity index (χ1n) is 7.74. The number of nitrogens with one attached hydrogen (secondary N) is 1. The summed E-state index contributed by atoms with van der Waals surface area (Å²) in [6.07, 6.45) is 1.06. The highest BCUT2D eigenvalue weighted by Gasteiger charge is 2.00. The number of likely N-dealkylation sites (N-methyl/N-ethyl adjacent to an activating group) is 1. The Morgan fingerprint density at radius 2 is 1.81 bits per heavy atom. The van der Waals surface area contributed by atoms with E-state index in [4.69, 9.17) is 9.47 Å². The molecule has 1 N–H and O–H groups in total. The Kier molecular flexibility index (Phi) is 9.06. The van der Waals surface area contributed by atoms with Crippen LogP contribution in [0.15, 0.2) is 24.3 Å². The van der Waals surface area contributed by atoms with Crippen molar-refractivity contribution in [2.45, 2.75) is 32.9 Å². The molecule has 0 aliphatic rings.